The van der Waals surface area contributed by atoms with E-state index in [0.717, 1.165) is 41.4 Å². The number of rotatable bonds is 5. The van der Waals surface area contributed by atoms with E-state index in [2.05, 4.69) is 0 Å². The van der Waals surface area contributed by atoms with Crippen molar-refractivity contribution in [2.24, 2.45) is 23.5 Å². The summed E-state index contributed by atoms with van der Waals surface area (Å²) in [7, 11) is 1.68. The number of methoxy groups -OCH3 is 1. The Hall–Kier alpha value is -1.22. The van der Waals surface area contributed by atoms with Crippen molar-refractivity contribution in [2.75, 3.05) is 13.7 Å². The summed E-state index contributed by atoms with van der Waals surface area (Å²) in [4.78, 5) is 0. The zero-order chi connectivity index (χ0) is 14.1. The Labute approximate surface area is 121 Å². The summed E-state index contributed by atoms with van der Waals surface area (Å²) in [5.74, 6) is 4.32. The van der Waals surface area contributed by atoms with Gasteiger partial charge in [-0.05, 0) is 50.0 Å². The molecule has 0 spiro atoms. The van der Waals surface area contributed by atoms with Gasteiger partial charge in [0.2, 0.25) is 0 Å². The summed E-state index contributed by atoms with van der Waals surface area (Å²) in [5.41, 5.74) is 7.09. The van der Waals surface area contributed by atoms with Crippen molar-refractivity contribution in [3.63, 3.8) is 0 Å². The van der Waals surface area contributed by atoms with E-state index >= 15 is 0 Å². The molecule has 1 aromatic rings. The van der Waals surface area contributed by atoms with Gasteiger partial charge in [0, 0.05) is 17.7 Å². The molecule has 1 aromatic carbocycles. The van der Waals surface area contributed by atoms with E-state index < -0.39 is 0 Å². The largest absolute Gasteiger partial charge is 0.497 e. The van der Waals surface area contributed by atoms with Gasteiger partial charge in [-0.3, -0.25) is 0 Å². The molecule has 0 amide bonds. The first-order chi connectivity index (χ1) is 9.67. The third kappa shape index (κ3) is 2.64. The van der Waals surface area contributed by atoms with E-state index in [9.17, 15) is 0 Å². The van der Waals surface area contributed by atoms with Crippen molar-refractivity contribution >= 4 is 0 Å². The fourth-order valence-corrected chi connectivity index (χ4v) is 3.92. The molecular weight excluding hydrogens is 250 g/mol. The Bertz CT molecular complexity index is 472. The van der Waals surface area contributed by atoms with Gasteiger partial charge >= 0.3 is 0 Å². The molecule has 0 heterocycles. The minimum Gasteiger partial charge on any atom is -0.497 e. The Morgan fingerprint density at radius 1 is 1.30 bits per heavy atom. The van der Waals surface area contributed by atoms with Gasteiger partial charge in [0.05, 0.1) is 13.7 Å². The summed E-state index contributed by atoms with van der Waals surface area (Å²) in [5, 5.41) is 0. The molecule has 2 bridgehead atoms. The van der Waals surface area contributed by atoms with Gasteiger partial charge < -0.3 is 15.2 Å². The smallest absolute Gasteiger partial charge is 0.127 e. The predicted molar refractivity (Wildman–Crippen MR) is 80.0 cm³/mol. The minimum atomic E-state index is -0.0177. The topological polar surface area (TPSA) is 44.5 Å². The Balaban J connectivity index is 1.69. The second-order valence-electron chi connectivity index (χ2n) is 6.44. The molecule has 0 radical (unpaired) electrons. The van der Waals surface area contributed by atoms with Crippen LogP contribution in [-0.2, 0) is 0 Å². The van der Waals surface area contributed by atoms with Crippen LogP contribution in [0.4, 0.5) is 0 Å². The van der Waals surface area contributed by atoms with Gasteiger partial charge in [-0.15, -0.1) is 0 Å². The molecule has 2 N–H and O–H groups in total. The molecule has 3 unspecified atom stereocenters. The lowest BCUT2D eigenvalue weighted by molar-refractivity contribution is 0.193. The highest BCUT2D eigenvalue weighted by Crippen LogP contribution is 2.48. The van der Waals surface area contributed by atoms with Gasteiger partial charge in [-0.2, -0.15) is 0 Å². The first-order valence-electron chi connectivity index (χ1n) is 7.73. The van der Waals surface area contributed by atoms with Gasteiger partial charge in [-0.25, -0.2) is 0 Å². The fraction of sp³-hybridized carbons (Fsp3) is 0.647. The molecule has 3 rings (SSSR count). The standard InChI is InChI=1S/C17H25NO2/c1-11(18)16-6-5-15(19-2)9-17(16)20-10-14-8-12-3-4-13(14)7-12/h5-6,9,11-14H,3-4,7-8,10,18H2,1-2H3/t11-,12?,13?,14?/m0/s1. The highest BCUT2D eigenvalue weighted by atomic mass is 16.5. The van der Waals surface area contributed by atoms with Crippen LogP contribution in [0, 0.1) is 17.8 Å². The lowest BCUT2D eigenvalue weighted by atomic mass is 9.89. The third-order valence-corrected chi connectivity index (χ3v) is 5.05. The summed E-state index contributed by atoms with van der Waals surface area (Å²) in [6.45, 7) is 2.82. The molecule has 3 heteroatoms. The molecule has 0 aromatic heterocycles. The lowest BCUT2D eigenvalue weighted by Gasteiger charge is -2.23. The molecule has 0 aliphatic heterocycles. The molecule has 2 fully saturated rings. The summed E-state index contributed by atoms with van der Waals surface area (Å²) < 4.78 is 11.4. The van der Waals surface area contributed by atoms with Crippen LogP contribution in [0.15, 0.2) is 18.2 Å². The van der Waals surface area contributed by atoms with Gasteiger partial charge in [0.15, 0.2) is 0 Å². The number of benzene rings is 1. The number of hydrogen-bond donors (Lipinski definition) is 1. The average Bonchev–Trinajstić information content (AvgIpc) is 3.07. The van der Waals surface area contributed by atoms with E-state index in [1.165, 1.54) is 25.7 Å². The fourth-order valence-electron chi connectivity index (χ4n) is 3.92. The van der Waals surface area contributed by atoms with Crippen LogP contribution < -0.4 is 15.2 Å². The number of ether oxygens (including phenoxy) is 2. The van der Waals surface area contributed by atoms with Crippen molar-refractivity contribution < 1.29 is 9.47 Å². The number of nitrogens with two attached hydrogens (primary N) is 1. The van der Waals surface area contributed by atoms with Crippen LogP contribution in [0.1, 0.15) is 44.2 Å². The number of fused-ring (bicyclic) bond motifs is 2. The molecule has 110 valence electrons. The highest BCUT2D eigenvalue weighted by molar-refractivity contribution is 5.42. The quantitative estimate of drug-likeness (QED) is 0.894. The van der Waals surface area contributed by atoms with Crippen molar-refractivity contribution in [3.8, 4) is 11.5 Å². The van der Waals surface area contributed by atoms with Gasteiger partial charge in [0.1, 0.15) is 11.5 Å². The van der Waals surface area contributed by atoms with Gasteiger partial charge in [-0.1, -0.05) is 12.5 Å². The van der Waals surface area contributed by atoms with E-state index in [4.69, 9.17) is 15.2 Å². The van der Waals surface area contributed by atoms with Gasteiger partial charge in [0.25, 0.3) is 0 Å². The van der Waals surface area contributed by atoms with Crippen LogP contribution in [0.25, 0.3) is 0 Å². The van der Waals surface area contributed by atoms with E-state index in [1.54, 1.807) is 7.11 Å². The van der Waals surface area contributed by atoms with Crippen molar-refractivity contribution in [3.05, 3.63) is 23.8 Å². The molecule has 3 nitrogen and oxygen atoms in total. The van der Waals surface area contributed by atoms with Crippen LogP contribution >= 0.6 is 0 Å². The van der Waals surface area contributed by atoms with Crippen molar-refractivity contribution in [1.82, 2.24) is 0 Å². The molecule has 2 saturated carbocycles. The third-order valence-electron chi connectivity index (χ3n) is 5.05. The van der Waals surface area contributed by atoms with E-state index in [-0.39, 0.29) is 6.04 Å². The maximum atomic E-state index is 6.12. The summed E-state index contributed by atoms with van der Waals surface area (Å²) in [6.07, 6.45) is 5.61. The molecule has 2 aliphatic carbocycles. The van der Waals surface area contributed by atoms with Crippen LogP contribution in [0.5, 0.6) is 11.5 Å². The molecule has 0 saturated heterocycles. The Morgan fingerprint density at radius 2 is 2.15 bits per heavy atom. The summed E-state index contributed by atoms with van der Waals surface area (Å²) >= 11 is 0. The van der Waals surface area contributed by atoms with Crippen LogP contribution in [0.3, 0.4) is 0 Å². The van der Waals surface area contributed by atoms with E-state index in [1.807, 2.05) is 25.1 Å². The lowest BCUT2D eigenvalue weighted by Crippen LogP contribution is -2.19. The highest BCUT2D eigenvalue weighted by Gasteiger charge is 2.39. The molecule has 20 heavy (non-hydrogen) atoms. The monoisotopic (exact) mass is 275 g/mol. The normalized spacial score (nSPS) is 29.4. The molecule has 2 aliphatic rings. The SMILES string of the molecule is COc1ccc([C@H](C)N)c(OCC2CC3CCC2C3)c1. The Kier molecular flexibility index (Phi) is 3.88. The maximum absolute atomic E-state index is 6.12. The average molecular weight is 275 g/mol. The molecule has 4 atom stereocenters. The maximum Gasteiger partial charge on any atom is 0.127 e. The number of hydrogen-bond acceptors (Lipinski definition) is 3. The minimum absolute atomic E-state index is 0.0177. The first kappa shape index (κ1) is 13.7. The second-order valence-corrected chi connectivity index (χ2v) is 6.44. The zero-order valence-electron chi connectivity index (χ0n) is 12.5. The zero-order valence-corrected chi connectivity index (χ0v) is 12.5. The predicted octanol–water partition coefficient (Wildman–Crippen LogP) is 3.53. The summed E-state index contributed by atoms with van der Waals surface area (Å²) in [6, 6.07) is 5.91. The van der Waals surface area contributed by atoms with E-state index in [0.29, 0.717) is 0 Å². The van der Waals surface area contributed by atoms with Crippen LogP contribution in [0.2, 0.25) is 0 Å². The van der Waals surface area contributed by atoms with Crippen molar-refractivity contribution in [1.29, 1.82) is 0 Å². The molecular formula is C17H25NO2. The van der Waals surface area contributed by atoms with Crippen molar-refractivity contribution in [2.45, 2.75) is 38.6 Å². The second kappa shape index (κ2) is 5.65. The van der Waals surface area contributed by atoms with Crippen LogP contribution in [-0.4, -0.2) is 13.7 Å². The first-order valence-corrected chi connectivity index (χ1v) is 7.73. The Morgan fingerprint density at radius 3 is 2.75 bits per heavy atom.